The highest BCUT2D eigenvalue weighted by atomic mass is 32.1. The molecule has 0 unspecified atom stereocenters. The van der Waals surface area contributed by atoms with Crippen molar-refractivity contribution in [3.63, 3.8) is 0 Å². The number of nitrogens with zero attached hydrogens (tertiary/aromatic N) is 3. The van der Waals surface area contributed by atoms with Crippen molar-refractivity contribution in [3.05, 3.63) is 34.6 Å². The molecule has 0 aromatic carbocycles. The number of aromatic nitrogens is 2. The molecule has 6 nitrogen and oxygen atoms in total. The van der Waals surface area contributed by atoms with Gasteiger partial charge in [0.25, 0.3) is 0 Å². The zero-order valence-electron chi connectivity index (χ0n) is 16.4. The van der Waals surface area contributed by atoms with Crippen LogP contribution in [0.2, 0.25) is 0 Å². The minimum Gasteiger partial charge on any atom is -0.490 e. The van der Waals surface area contributed by atoms with Crippen molar-refractivity contribution >= 4 is 22.4 Å². The largest absolute Gasteiger partial charge is 0.490 e. The van der Waals surface area contributed by atoms with E-state index in [1.807, 2.05) is 13.0 Å². The highest BCUT2D eigenvalue weighted by Gasteiger charge is 2.19. The van der Waals surface area contributed by atoms with Crippen molar-refractivity contribution in [2.75, 3.05) is 18.4 Å². The Bertz CT molecular complexity index is 774. The summed E-state index contributed by atoms with van der Waals surface area (Å²) < 4.78 is 6.22. The third-order valence-electron chi connectivity index (χ3n) is 5.30. The predicted octanol–water partition coefficient (Wildman–Crippen LogP) is 3.94. The van der Waals surface area contributed by atoms with E-state index in [-0.39, 0.29) is 12.3 Å². The SMILES string of the molecule is Cc1cnc(NC(=O)Cc2cc(OC3CCCC3)cc(CN3CCCC3)n2)s1. The second-order valence-electron chi connectivity index (χ2n) is 7.79. The topological polar surface area (TPSA) is 67.3 Å². The second-order valence-corrected chi connectivity index (χ2v) is 9.03. The molecular formula is C21H28N4O2S. The maximum absolute atomic E-state index is 12.5. The first kappa shape index (κ1) is 19.3. The lowest BCUT2D eigenvalue weighted by molar-refractivity contribution is -0.115. The summed E-state index contributed by atoms with van der Waals surface area (Å²) in [5.41, 5.74) is 1.75. The molecule has 2 fully saturated rings. The summed E-state index contributed by atoms with van der Waals surface area (Å²) in [6.07, 6.45) is 9.49. The summed E-state index contributed by atoms with van der Waals surface area (Å²) in [4.78, 5) is 24.9. The van der Waals surface area contributed by atoms with Gasteiger partial charge in [-0.15, -0.1) is 11.3 Å². The van der Waals surface area contributed by atoms with E-state index in [1.165, 1.54) is 37.0 Å². The van der Waals surface area contributed by atoms with Gasteiger partial charge in [-0.3, -0.25) is 14.7 Å². The molecule has 1 aliphatic carbocycles. The molecule has 2 aromatic rings. The predicted molar refractivity (Wildman–Crippen MR) is 111 cm³/mol. The van der Waals surface area contributed by atoms with Crippen molar-refractivity contribution in [1.82, 2.24) is 14.9 Å². The Kier molecular flexibility index (Phi) is 6.22. The third kappa shape index (κ3) is 5.29. The molecule has 1 saturated heterocycles. The van der Waals surface area contributed by atoms with E-state index in [0.717, 1.165) is 54.5 Å². The summed E-state index contributed by atoms with van der Waals surface area (Å²) >= 11 is 1.48. The summed E-state index contributed by atoms with van der Waals surface area (Å²) in [5, 5.41) is 3.51. The second kappa shape index (κ2) is 9.01. The van der Waals surface area contributed by atoms with Crippen LogP contribution < -0.4 is 10.1 Å². The highest BCUT2D eigenvalue weighted by Crippen LogP contribution is 2.26. The van der Waals surface area contributed by atoms with Gasteiger partial charge in [-0.2, -0.15) is 0 Å². The van der Waals surface area contributed by atoms with Gasteiger partial charge in [0, 0.05) is 29.8 Å². The number of thiazole rings is 1. The average Bonchev–Trinajstić information content (AvgIpc) is 3.39. The van der Waals surface area contributed by atoms with E-state index in [2.05, 4.69) is 21.3 Å². The fourth-order valence-electron chi connectivity index (χ4n) is 3.97. The van der Waals surface area contributed by atoms with Gasteiger partial charge in [-0.1, -0.05) is 0 Å². The number of hydrogen-bond donors (Lipinski definition) is 1. The Morgan fingerprint density at radius 2 is 1.96 bits per heavy atom. The lowest BCUT2D eigenvalue weighted by Crippen LogP contribution is -2.21. The number of aryl methyl sites for hydroxylation is 1. The van der Waals surface area contributed by atoms with Crippen LogP contribution in [0.4, 0.5) is 5.13 Å². The normalized spacial score (nSPS) is 17.9. The van der Waals surface area contributed by atoms with E-state index in [4.69, 9.17) is 9.72 Å². The third-order valence-corrected chi connectivity index (χ3v) is 6.13. The van der Waals surface area contributed by atoms with Crippen LogP contribution in [0.15, 0.2) is 18.3 Å². The van der Waals surface area contributed by atoms with E-state index in [0.29, 0.717) is 11.2 Å². The lowest BCUT2D eigenvalue weighted by atomic mass is 10.2. The van der Waals surface area contributed by atoms with E-state index >= 15 is 0 Å². The van der Waals surface area contributed by atoms with Crippen molar-refractivity contribution in [1.29, 1.82) is 0 Å². The van der Waals surface area contributed by atoms with Gasteiger partial charge < -0.3 is 10.1 Å². The zero-order chi connectivity index (χ0) is 19.3. The van der Waals surface area contributed by atoms with Crippen LogP contribution in [-0.2, 0) is 17.8 Å². The van der Waals surface area contributed by atoms with Crippen molar-refractivity contribution < 1.29 is 9.53 Å². The first-order valence-corrected chi connectivity index (χ1v) is 11.1. The molecule has 0 spiro atoms. The monoisotopic (exact) mass is 400 g/mol. The number of hydrogen-bond acceptors (Lipinski definition) is 6. The molecule has 0 bridgehead atoms. The molecule has 1 saturated carbocycles. The van der Waals surface area contributed by atoms with Crippen LogP contribution in [0.25, 0.3) is 0 Å². The molecule has 1 amide bonds. The molecule has 1 aliphatic heterocycles. The molecule has 28 heavy (non-hydrogen) atoms. The number of carbonyl (C=O) groups excluding carboxylic acids is 1. The van der Waals surface area contributed by atoms with Crippen LogP contribution in [0.5, 0.6) is 5.75 Å². The van der Waals surface area contributed by atoms with Gasteiger partial charge in [0.05, 0.1) is 23.9 Å². The van der Waals surface area contributed by atoms with Crippen LogP contribution in [0.3, 0.4) is 0 Å². The molecule has 2 aliphatic rings. The molecule has 4 rings (SSSR count). The Balaban J connectivity index is 1.47. The number of nitrogens with one attached hydrogen (secondary N) is 1. The molecule has 0 atom stereocenters. The maximum Gasteiger partial charge on any atom is 0.232 e. The molecule has 150 valence electrons. The zero-order valence-corrected chi connectivity index (χ0v) is 17.3. The number of ether oxygens (including phenoxy) is 1. The van der Waals surface area contributed by atoms with Gasteiger partial charge in [0.15, 0.2) is 5.13 Å². The lowest BCUT2D eigenvalue weighted by Gasteiger charge is -2.18. The number of pyridine rings is 1. The number of carbonyl (C=O) groups is 1. The Morgan fingerprint density at radius 1 is 1.21 bits per heavy atom. The summed E-state index contributed by atoms with van der Waals surface area (Å²) in [6, 6.07) is 3.99. The summed E-state index contributed by atoms with van der Waals surface area (Å²) in [5.74, 6) is 0.760. The average molecular weight is 401 g/mol. The number of rotatable bonds is 7. The Hall–Kier alpha value is -1.99. The number of amides is 1. The van der Waals surface area contributed by atoms with Gasteiger partial charge in [-0.05, 0) is 58.5 Å². The van der Waals surface area contributed by atoms with Gasteiger partial charge in [0.2, 0.25) is 5.91 Å². The minimum atomic E-state index is -0.0908. The maximum atomic E-state index is 12.5. The number of anilines is 1. The quantitative estimate of drug-likeness (QED) is 0.762. The summed E-state index contributed by atoms with van der Waals surface area (Å²) in [7, 11) is 0. The van der Waals surface area contributed by atoms with Gasteiger partial charge in [-0.25, -0.2) is 4.98 Å². The van der Waals surface area contributed by atoms with Crippen molar-refractivity contribution in [2.24, 2.45) is 0 Å². The van der Waals surface area contributed by atoms with E-state index in [9.17, 15) is 4.79 Å². The van der Waals surface area contributed by atoms with Crippen molar-refractivity contribution in [2.45, 2.75) is 64.5 Å². The van der Waals surface area contributed by atoms with Gasteiger partial charge in [0.1, 0.15) is 5.75 Å². The first-order valence-electron chi connectivity index (χ1n) is 10.3. The molecular weight excluding hydrogens is 372 g/mol. The Labute approximate surface area is 170 Å². The van der Waals surface area contributed by atoms with Crippen LogP contribution in [0.1, 0.15) is 54.8 Å². The fraction of sp³-hybridized carbons (Fsp3) is 0.571. The van der Waals surface area contributed by atoms with E-state index < -0.39 is 0 Å². The standard InChI is InChI=1S/C21H28N4O2S/c1-15-13-22-21(28-15)24-20(26)12-16-10-19(27-18-6-2-3-7-18)11-17(23-16)14-25-8-4-5-9-25/h10-11,13,18H,2-9,12,14H2,1H3,(H,22,24,26). The van der Waals surface area contributed by atoms with Gasteiger partial charge >= 0.3 is 0 Å². The molecule has 7 heteroatoms. The minimum absolute atomic E-state index is 0.0908. The Morgan fingerprint density at radius 3 is 2.68 bits per heavy atom. The molecule has 3 heterocycles. The van der Waals surface area contributed by atoms with Crippen LogP contribution in [-0.4, -0.2) is 40.0 Å². The van der Waals surface area contributed by atoms with E-state index in [1.54, 1.807) is 6.20 Å². The molecule has 1 N–H and O–H groups in total. The number of likely N-dealkylation sites (tertiary alicyclic amines) is 1. The summed E-state index contributed by atoms with van der Waals surface area (Å²) in [6.45, 7) is 5.04. The smallest absolute Gasteiger partial charge is 0.232 e. The first-order chi connectivity index (χ1) is 13.6. The van der Waals surface area contributed by atoms with Crippen molar-refractivity contribution in [3.8, 4) is 5.75 Å². The molecule has 2 aromatic heterocycles. The highest BCUT2D eigenvalue weighted by molar-refractivity contribution is 7.15. The van der Waals surface area contributed by atoms with Crippen LogP contribution in [0, 0.1) is 6.92 Å². The fourth-order valence-corrected chi connectivity index (χ4v) is 4.65. The van der Waals surface area contributed by atoms with Crippen LogP contribution >= 0.6 is 11.3 Å². The molecule has 0 radical (unpaired) electrons.